The lowest BCUT2D eigenvalue weighted by molar-refractivity contribution is -0.168. The number of hydrogen-bond donors (Lipinski definition) is 0. The Bertz CT molecular complexity index is 539. The average Bonchev–Trinajstić information content (AvgIpc) is 2.53. The van der Waals surface area contributed by atoms with Crippen LogP contribution >= 0.6 is 0 Å². The minimum Gasteiger partial charge on any atom is -0.485 e. The van der Waals surface area contributed by atoms with E-state index < -0.39 is 17.4 Å². The molecule has 0 atom stereocenters. The molecule has 0 saturated heterocycles. The number of benzene rings is 1. The van der Waals surface area contributed by atoms with Gasteiger partial charge in [0.15, 0.2) is 6.61 Å². The minimum absolute atomic E-state index is 0.303. The van der Waals surface area contributed by atoms with Crippen LogP contribution in [0.4, 0.5) is 0 Å². The Morgan fingerprint density at radius 2 is 1.82 bits per heavy atom. The van der Waals surface area contributed by atoms with E-state index in [1.807, 2.05) is 19.1 Å². The quantitative estimate of drug-likeness (QED) is 0.596. The van der Waals surface area contributed by atoms with Crippen LogP contribution in [-0.4, -0.2) is 24.0 Å². The molecule has 0 aromatic heterocycles. The standard InChI is InChI=1S/C18H22O4/c1-3-14-7-9-15(10-8-14)21-13-16(19)17(20)22-18(2)11-5-4-6-12-18/h3,7-10H,1,4-6,11-13H2,2H3. The maximum Gasteiger partial charge on any atom is 0.378 e. The summed E-state index contributed by atoms with van der Waals surface area (Å²) in [5.74, 6) is -0.915. The zero-order valence-corrected chi connectivity index (χ0v) is 13.0. The fraction of sp³-hybridized carbons (Fsp3) is 0.444. The van der Waals surface area contributed by atoms with E-state index >= 15 is 0 Å². The number of ether oxygens (including phenoxy) is 2. The lowest BCUT2D eigenvalue weighted by atomic mass is 9.86. The SMILES string of the molecule is C=Cc1ccc(OCC(=O)C(=O)OC2(C)CCCCC2)cc1. The number of hydrogen-bond acceptors (Lipinski definition) is 4. The van der Waals surface area contributed by atoms with Crippen molar-refractivity contribution in [2.24, 2.45) is 0 Å². The van der Waals surface area contributed by atoms with E-state index in [0.29, 0.717) is 5.75 Å². The van der Waals surface area contributed by atoms with E-state index in [0.717, 1.165) is 37.7 Å². The van der Waals surface area contributed by atoms with E-state index in [9.17, 15) is 9.59 Å². The zero-order valence-electron chi connectivity index (χ0n) is 13.0. The van der Waals surface area contributed by atoms with Crippen molar-refractivity contribution in [3.8, 4) is 5.75 Å². The molecular weight excluding hydrogens is 280 g/mol. The third kappa shape index (κ3) is 4.45. The minimum atomic E-state index is -0.799. The summed E-state index contributed by atoms with van der Waals surface area (Å²) in [5, 5.41) is 0. The van der Waals surface area contributed by atoms with Gasteiger partial charge in [-0.3, -0.25) is 4.79 Å². The number of esters is 1. The summed E-state index contributed by atoms with van der Waals surface area (Å²) in [6, 6.07) is 7.12. The van der Waals surface area contributed by atoms with E-state index in [1.165, 1.54) is 0 Å². The van der Waals surface area contributed by atoms with Crippen molar-refractivity contribution in [2.45, 2.75) is 44.6 Å². The van der Waals surface area contributed by atoms with E-state index in [1.54, 1.807) is 18.2 Å². The molecule has 0 spiro atoms. The van der Waals surface area contributed by atoms with Crippen LogP contribution in [0.2, 0.25) is 0 Å². The Hall–Kier alpha value is -2.10. The second-order valence-electron chi connectivity index (χ2n) is 5.89. The predicted octanol–water partition coefficient (Wildman–Crippen LogP) is 3.54. The Balaban J connectivity index is 1.83. The number of carbonyl (C=O) groups is 2. The Labute approximate surface area is 131 Å². The maximum atomic E-state index is 11.9. The Morgan fingerprint density at radius 3 is 2.41 bits per heavy atom. The van der Waals surface area contributed by atoms with Gasteiger partial charge in [-0.2, -0.15) is 0 Å². The molecule has 4 heteroatoms. The van der Waals surface area contributed by atoms with Crippen molar-refractivity contribution in [1.29, 1.82) is 0 Å². The van der Waals surface area contributed by atoms with E-state index in [4.69, 9.17) is 9.47 Å². The van der Waals surface area contributed by atoms with Gasteiger partial charge in [0.25, 0.3) is 5.78 Å². The van der Waals surface area contributed by atoms with Gasteiger partial charge in [-0.05, 0) is 50.3 Å². The second-order valence-corrected chi connectivity index (χ2v) is 5.89. The molecule has 0 heterocycles. The molecule has 0 amide bonds. The lowest BCUT2D eigenvalue weighted by Crippen LogP contribution is -2.37. The van der Waals surface area contributed by atoms with Crippen LogP contribution in [0.1, 0.15) is 44.6 Å². The molecule has 0 radical (unpaired) electrons. The second kappa shape index (κ2) is 7.25. The molecule has 1 aliphatic rings. The first-order valence-electron chi connectivity index (χ1n) is 7.64. The topological polar surface area (TPSA) is 52.6 Å². The summed E-state index contributed by atoms with van der Waals surface area (Å²) in [7, 11) is 0. The van der Waals surface area contributed by atoms with Crippen molar-refractivity contribution >= 4 is 17.8 Å². The average molecular weight is 302 g/mol. The van der Waals surface area contributed by atoms with Crippen LogP contribution in [0, 0.1) is 0 Å². The van der Waals surface area contributed by atoms with Crippen LogP contribution in [0.3, 0.4) is 0 Å². The maximum absolute atomic E-state index is 11.9. The summed E-state index contributed by atoms with van der Waals surface area (Å²) in [6.07, 6.45) is 6.57. The highest BCUT2D eigenvalue weighted by molar-refractivity contribution is 6.34. The summed E-state index contributed by atoms with van der Waals surface area (Å²) < 4.78 is 10.7. The molecule has 0 N–H and O–H groups in total. The number of rotatable bonds is 6. The monoisotopic (exact) mass is 302 g/mol. The van der Waals surface area contributed by atoms with E-state index in [2.05, 4.69) is 6.58 Å². The van der Waals surface area contributed by atoms with Crippen LogP contribution < -0.4 is 4.74 Å². The van der Waals surface area contributed by atoms with Crippen LogP contribution in [0.5, 0.6) is 5.75 Å². The Morgan fingerprint density at radius 1 is 1.18 bits per heavy atom. The number of Topliss-reactive ketones (excluding diaryl/α,β-unsaturated/α-hetero) is 1. The van der Waals surface area contributed by atoms with Gasteiger partial charge in [-0.1, -0.05) is 31.2 Å². The summed E-state index contributed by atoms with van der Waals surface area (Å²) >= 11 is 0. The largest absolute Gasteiger partial charge is 0.485 e. The highest BCUT2D eigenvalue weighted by Crippen LogP contribution is 2.31. The van der Waals surface area contributed by atoms with Crippen LogP contribution in [0.15, 0.2) is 30.8 Å². The van der Waals surface area contributed by atoms with Crippen molar-refractivity contribution in [3.05, 3.63) is 36.4 Å². The third-order valence-corrected chi connectivity index (χ3v) is 3.96. The molecule has 1 aromatic carbocycles. The highest BCUT2D eigenvalue weighted by atomic mass is 16.6. The molecular formula is C18H22O4. The van der Waals surface area contributed by atoms with Crippen molar-refractivity contribution in [2.75, 3.05) is 6.61 Å². The molecule has 1 fully saturated rings. The first-order valence-corrected chi connectivity index (χ1v) is 7.64. The molecule has 0 unspecified atom stereocenters. The fourth-order valence-electron chi connectivity index (χ4n) is 2.59. The molecule has 2 rings (SSSR count). The van der Waals surface area contributed by atoms with E-state index in [-0.39, 0.29) is 6.61 Å². The van der Waals surface area contributed by atoms with Gasteiger partial charge < -0.3 is 9.47 Å². The lowest BCUT2D eigenvalue weighted by Gasteiger charge is -2.32. The first-order chi connectivity index (χ1) is 10.5. The summed E-state index contributed by atoms with van der Waals surface area (Å²) in [5.41, 5.74) is 0.458. The molecule has 1 saturated carbocycles. The zero-order chi connectivity index (χ0) is 16.0. The molecule has 1 aliphatic carbocycles. The smallest absolute Gasteiger partial charge is 0.378 e. The highest BCUT2D eigenvalue weighted by Gasteiger charge is 2.33. The molecule has 0 bridgehead atoms. The van der Waals surface area contributed by atoms with Crippen molar-refractivity contribution in [3.63, 3.8) is 0 Å². The third-order valence-electron chi connectivity index (χ3n) is 3.96. The first kappa shape index (κ1) is 16.3. The molecule has 4 nitrogen and oxygen atoms in total. The van der Waals surface area contributed by atoms with Gasteiger partial charge in [-0.25, -0.2) is 4.79 Å². The van der Waals surface area contributed by atoms with Gasteiger partial charge >= 0.3 is 5.97 Å². The molecule has 1 aromatic rings. The molecule has 118 valence electrons. The van der Waals surface area contributed by atoms with Gasteiger partial charge in [0.05, 0.1) is 0 Å². The summed E-state index contributed by atoms with van der Waals surface area (Å²) in [4.78, 5) is 23.7. The Kier molecular flexibility index (Phi) is 5.36. The van der Waals surface area contributed by atoms with Gasteiger partial charge in [0.1, 0.15) is 11.4 Å². The molecule has 0 aliphatic heterocycles. The number of carbonyl (C=O) groups excluding carboxylic acids is 2. The molecule has 22 heavy (non-hydrogen) atoms. The van der Waals surface area contributed by atoms with Crippen LogP contribution in [0.25, 0.3) is 6.08 Å². The van der Waals surface area contributed by atoms with Gasteiger partial charge in [-0.15, -0.1) is 0 Å². The fourth-order valence-corrected chi connectivity index (χ4v) is 2.59. The van der Waals surface area contributed by atoms with Crippen molar-refractivity contribution in [1.82, 2.24) is 0 Å². The normalized spacial score (nSPS) is 16.6. The predicted molar refractivity (Wildman–Crippen MR) is 84.6 cm³/mol. The van der Waals surface area contributed by atoms with Gasteiger partial charge in [0, 0.05) is 0 Å². The van der Waals surface area contributed by atoms with Crippen LogP contribution in [-0.2, 0) is 14.3 Å². The number of ketones is 1. The summed E-state index contributed by atoms with van der Waals surface area (Å²) in [6.45, 7) is 5.26. The van der Waals surface area contributed by atoms with Gasteiger partial charge in [0.2, 0.25) is 0 Å². The van der Waals surface area contributed by atoms with Crippen molar-refractivity contribution < 1.29 is 19.1 Å².